The number of benzene rings is 1. The summed E-state index contributed by atoms with van der Waals surface area (Å²) in [6.45, 7) is 3.62. The summed E-state index contributed by atoms with van der Waals surface area (Å²) < 4.78 is 0. The van der Waals surface area contributed by atoms with Crippen LogP contribution in [-0.4, -0.2) is 18.7 Å². The Morgan fingerprint density at radius 1 is 1.29 bits per heavy atom. The Balaban J connectivity index is 2.78. The highest BCUT2D eigenvalue weighted by Gasteiger charge is 2.06. The first-order valence-corrected chi connectivity index (χ1v) is 5.35. The second kappa shape index (κ2) is 5.84. The van der Waals surface area contributed by atoms with Crippen molar-refractivity contribution in [2.24, 2.45) is 0 Å². The van der Waals surface area contributed by atoms with E-state index in [-0.39, 0.29) is 5.91 Å². The fraction of sp³-hybridized carbons (Fsp3) is 0.231. The lowest BCUT2D eigenvalue weighted by Gasteiger charge is -2.09. The minimum atomic E-state index is -0.188. The van der Waals surface area contributed by atoms with E-state index in [1.165, 1.54) is 0 Å². The van der Waals surface area contributed by atoms with Crippen molar-refractivity contribution in [2.75, 3.05) is 7.05 Å². The van der Waals surface area contributed by atoms with E-state index in [1.54, 1.807) is 32.2 Å². The highest BCUT2D eigenvalue weighted by Crippen LogP contribution is 2.03. The SMILES string of the molecule is CN/C(=C\C(C)=N)NC(=O)c1ccc(C)cc1. The van der Waals surface area contributed by atoms with Crippen LogP contribution in [-0.2, 0) is 0 Å². The molecule has 3 N–H and O–H groups in total. The molecule has 1 amide bonds. The number of carbonyl (C=O) groups is 1. The van der Waals surface area contributed by atoms with Crippen molar-refractivity contribution < 1.29 is 4.79 Å². The van der Waals surface area contributed by atoms with Gasteiger partial charge in [0.15, 0.2) is 0 Å². The molecule has 4 nitrogen and oxygen atoms in total. The first-order chi connectivity index (χ1) is 8.02. The molecular weight excluding hydrogens is 214 g/mol. The Morgan fingerprint density at radius 3 is 2.35 bits per heavy atom. The Bertz CT molecular complexity index is 446. The molecule has 0 saturated heterocycles. The summed E-state index contributed by atoms with van der Waals surface area (Å²) in [5.74, 6) is 0.329. The van der Waals surface area contributed by atoms with E-state index >= 15 is 0 Å². The fourth-order valence-corrected chi connectivity index (χ4v) is 1.29. The van der Waals surface area contributed by atoms with Crippen molar-refractivity contribution in [1.29, 1.82) is 5.41 Å². The molecule has 0 bridgehead atoms. The van der Waals surface area contributed by atoms with Gasteiger partial charge in [0.05, 0.1) is 0 Å². The molecule has 1 rings (SSSR count). The third kappa shape index (κ3) is 4.10. The van der Waals surface area contributed by atoms with Gasteiger partial charge in [-0.15, -0.1) is 0 Å². The minimum Gasteiger partial charge on any atom is -0.375 e. The van der Waals surface area contributed by atoms with Crippen LogP contribution in [0.2, 0.25) is 0 Å². The van der Waals surface area contributed by atoms with Gasteiger partial charge in [-0.3, -0.25) is 4.79 Å². The first-order valence-electron chi connectivity index (χ1n) is 5.35. The van der Waals surface area contributed by atoms with Gasteiger partial charge in [0.2, 0.25) is 0 Å². The molecular formula is C13H17N3O. The molecule has 0 spiro atoms. The number of allylic oxidation sites excluding steroid dienone is 1. The number of carbonyl (C=O) groups excluding carboxylic acids is 1. The van der Waals surface area contributed by atoms with Crippen LogP contribution in [0.15, 0.2) is 36.2 Å². The number of aryl methyl sites for hydroxylation is 1. The topological polar surface area (TPSA) is 65.0 Å². The number of amides is 1. The summed E-state index contributed by atoms with van der Waals surface area (Å²) in [5.41, 5.74) is 2.08. The van der Waals surface area contributed by atoms with Crippen LogP contribution < -0.4 is 10.6 Å². The van der Waals surface area contributed by atoms with E-state index in [4.69, 9.17) is 5.41 Å². The molecule has 1 aromatic rings. The van der Waals surface area contributed by atoms with Crippen LogP contribution in [0.1, 0.15) is 22.8 Å². The molecule has 17 heavy (non-hydrogen) atoms. The second-order valence-electron chi connectivity index (χ2n) is 3.81. The third-order valence-electron chi connectivity index (χ3n) is 2.19. The number of rotatable bonds is 4. The summed E-state index contributed by atoms with van der Waals surface area (Å²) in [4.78, 5) is 11.8. The summed E-state index contributed by atoms with van der Waals surface area (Å²) in [5, 5.41) is 12.9. The van der Waals surface area contributed by atoms with Crippen molar-refractivity contribution >= 4 is 11.6 Å². The molecule has 0 heterocycles. The highest BCUT2D eigenvalue weighted by molar-refractivity contribution is 5.97. The van der Waals surface area contributed by atoms with Crippen LogP contribution >= 0.6 is 0 Å². The number of hydrogen-bond donors (Lipinski definition) is 3. The molecule has 0 unspecified atom stereocenters. The van der Waals surface area contributed by atoms with Gasteiger partial charge < -0.3 is 16.0 Å². The maximum absolute atomic E-state index is 11.8. The lowest BCUT2D eigenvalue weighted by Crippen LogP contribution is -2.30. The Hall–Kier alpha value is -2.10. The number of hydrogen-bond acceptors (Lipinski definition) is 3. The van der Waals surface area contributed by atoms with Crippen LogP contribution in [0.5, 0.6) is 0 Å². The Labute approximate surface area is 101 Å². The molecule has 0 atom stereocenters. The van der Waals surface area contributed by atoms with Crippen molar-refractivity contribution in [3.63, 3.8) is 0 Å². The second-order valence-corrected chi connectivity index (χ2v) is 3.81. The summed E-state index contributed by atoms with van der Waals surface area (Å²) in [6.07, 6.45) is 1.56. The zero-order valence-corrected chi connectivity index (χ0v) is 10.3. The van der Waals surface area contributed by atoms with E-state index in [0.717, 1.165) is 5.56 Å². The molecule has 4 heteroatoms. The third-order valence-corrected chi connectivity index (χ3v) is 2.19. The lowest BCUT2D eigenvalue weighted by atomic mass is 10.1. The zero-order valence-electron chi connectivity index (χ0n) is 10.3. The normalized spacial score (nSPS) is 10.9. The van der Waals surface area contributed by atoms with Gasteiger partial charge in [0, 0.05) is 18.3 Å². The molecule has 0 aromatic heterocycles. The molecule has 0 aliphatic heterocycles. The summed E-state index contributed by atoms with van der Waals surface area (Å²) >= 11 is 0. The van der Waals surface area contributed by atoms with Crippen molar-refractivity contribution in [3.05, 3.63) is 47.3 Å². The lowest BCUT2D eigenvalue weighted by molar-refractivity contribution is 0.0963. The summed E-state index contributed by atoms with van der Waals surface area (Å²) in [6, 6.07) is 7.32. The van der Waals surface area contributed by atoms with E-state index in [1.807, 2.05) is 19.1 Å². The molecule has 90 valence electrons. The van der Waals surface area contributed by atoms with Gasteiger partial charge >= 0.3 is 0 Å². The van der Waals surface area contributed by atoms with E-state index < -0.39 is 0 Å². The van der Waals surface area contributed by atoms with Crippen LogP contribution in [0.3, 0.4) is 0 Å². The zero-order chi connectivity index (χ0) is 12.8. The molecule has 1 aromatic carbocycles. The predicted molar refractivity (Wildman–Crippen MR) is 69.2 cm³/mol. The maximum atomic E-state index is 11.8. The van der Waals surface area contributed by atoms with Crippen LogP contribution in [0, 0.1) is 12.3 Å². The van der Waals surface area contributed by atoms with Crippen molar-refractivity contribution in [2.45, 2.75) is 13.8 Å². The smallest absolute Gasteiger partial charge is 0.256 e. The highest BCUT2D eigenvalue weighted by atomic mass is 16.1. The van der Waals surface area contributed by atoms with E-state index in [2.05, 4.69) is 10.6 Å². The Kier molecular flexibility index (Phi) is 4.46. The van der Waals surface area contributed by atoms with Crippen molar-refractivity contribution in [3.8, 4) is 0 Å². The quantitative estimate of drug-likeness (QED) is 0.692. The molecule has 0 aliphatic rings. The van der Waals surface area contributed by atoms with Gasteiger partial charge in [-0.2, -0.15) is 0 Å². The fourth-order valence-electron chi connectivity index (χ4n) is 1.29. The average molecular weight is 231 g/mol. The van der Waals surface area contributed by atoms with Gasteiger partial charge in [-0.1, -0.05) is 17.7 Å². The first kappa shape index (κ1) is 13.0. The molecule has 0 aliphatic carbocycles. The maximum Gasteiger partial charge on any atom is 0.256 e. The standard InChI is InChI=1S/C13H17N3O/c1-9-4-6-11(7-5-9)13(17)16-12(15-3)8-10(2)14/h4-8,14-15H,1-3H3,(H,16,17)/b12-8+,14-10?. The minimum absolute atomic E-state index is 0.188. The molecule has 0 radical (unpaired) electrons. The number of nitrogens with one attached hydrogen (secondary N) is 3. The average Bonchev–Trinajstić information content (AvgIpc) is 2.28. The van der Waals surface area contributed by atoms with Crippen LogP contribution in [0.4, 0.5) is 0 Å². The van der Waals surface area contributed by atoms with Crippen LogP contribution in [0.25, 0.3) is 0 Å². The van der Waals surface area contributed by atoms with E-state index in [0.29, 0.717) is 17.1 Å². The van der Waals surface area contributed by atoms with Crippen molar-refractivity contribution in [1.82, 2.24) is 10.6 Å². The van der Waals surface area contributed by atoms with Gasteiger partial charge in [-0.05, 0) is 32.1 Å². The van der Waals surface area contributed by atoms with Gasteiger partial charge in [0.1, 0.15) is 5.82 Å². The monoisotopic (exact) mass is 231 g/mol. The van der Waals surface area contributed by atoms with E-state index in [9.17, 15) is 4.79 Å². The predicted octanol–water partition coefficient (Wildman–Crippen LogP) is 1.83. The Morgan fingerprint density at radius 2 is 1.88 bits per heavy atom. The largest absolute Gasteiger partial charge is 0.375 e. The summed E-state index contributed by atoms with van der Waals surface area (Å²) in [7, 11) is 1.70. The van der Waals surface area contributed by atoms with Gasteiger partial charge in [-0.25, -0.2) is 0 Å². The van der Waals surface area contributed by atoms with Gasteiger partial charge in [0.25, 0.3) is 5.91 Å². The molecule has 0 saturated carbocycles. The molecule has 0 fully saturated rings.